The van der Waals surface area contributed by atoms with Crippen molar-refractivity contribution in [3.8, 4) is 11.5 Å². The van der Waals surface area contributed by atoms with Crippen LogP contribution in [-0.2, 0) is 16.6 Å². The molecule has 0 aromatic heterocycles. The van der Waals surface area contributed by atoms with E-state index in [1.54, 1.807) is 19.1 Å². The van der Waals surface area contributed by atoms with E-state index in [1.165, 1.54) is 31.4 Å². The Morgan fingerprint density at radius 1 is 1.16 bits per heavy atom. The molecular weight excluding hydrogens is 420 g/mol. The molecule has 0 atom stereocenters. The molecule has 2 aromatic rings. The van der Waals surface area contributed by atoms with Crippen LogP contribution in [-0.4, -0.2) is 22.1 Å². The lowest BCUT2D eigenvalue weighted by molar-refractivity contribution is -0.0512. The molecule has 0 bridgehead atoms. The summed E-state index contributed by atoms with van der Waals surface area (Å²) in [7, 11) is -2.40. The van der Waals surface area contributed by atoms with Gasteiger partial charge in [-0.25, -0.2) is 13.1 Å². The van der Waals surface area contributed by atoms with Crippen molar-refractivity contribution in [1.82, 2.24) is 4.72 Å². The highest BCUT2D eigenvalue weighted by Gasteiger charge is 2.16. The van der Waals surface area contributed by atoms with Crippen LogP contribution in [0, 0.1) is 6.92 Å². The summed E-state index contributed by atoms with van der Waals surface area (Å²) < 4.78 is 61.9. The summed E-state index contributed by atoms with van der Waals surface area (Å²) in [5.41, 5.74) is 1.33. The number of methoxy groups -OCH3 is 1. The molecule has 2 rings (SSSR count). The second kappa shape index (κ2) is 8.11. The minimum absolute atomic E-state index is 0.0250. The highest BCUT2D eigenvalue weighted by molar-refractivity contribution is 9.10. The van der Waals surface area contributed by atoms with E-state index in [2.05, 4.69) is 25.4 Å². The summed E-state index contributed by atoms with van der Waals surface area (Å²) in [6.45, 7) is -1.21. The van der Waals surface area contributed by atoms with Crippen LogP contribution in [0.4, 0.5) is 8.78 Å². The molecule has 136 valence electrons. The molecule has 5 nitrogen and oxygen atoms in total. The molecule has 0 saturated heterocycles. The number of aryl methyl sites for hydroxylation is 1. The Balaban J connectivity index is 2.15. The van der Waals surface area contributed by atoms with Gasteiger partial charge in [-0.05, 0) is 48.4 Å². The maximum atomic E-state index is 12.4. The lowest BCUT2D eigenvalue weighted by atomic mass is 10.2. The predicted molar refractivity (Wildman–Crippen MR) is 92.5 cm³/mol. The molecule has 0 fully saturated rings. The first kappa shape index (κ1) is 19.6. The Hall–Kier alpha value is -1.71. The molecule has 1 N–H and O–H groups in total. The van der Waals surface area contributed by atoms with Gasteiger partial charge in [0.15, 0.2) is 11.5 Å². The van der Waals surface area contributed by atoms with Gasteiger partial charge < -0.3 is 9.47 Å². The van der Waals surface area contributed by atoms with Crippen LogP contribution in [0.3, 0.4) is 0 Å². The maximum absolute atomic E-state index is 12.4. The average Bonchev–Trinajstić information content (AvgIpc) is 2.55. The van der Waals surface area contributed by atoms with Gasteiger partial charge in [-0.1, -0.05) is 22.0 Å². The van der Waals surface area contributed by atoms with Crippen molar-refractivity contribution in [2.24, 2.45) is 0 Å². The van der Waals surface area contributed by atoms with Gasteiger partial charge in [-0.15, -0.1) is 0 Å². The maximum Gasteiger partial charge on any atom is 0.387 e. The predicted octanol–water partition coefficient (Wildman–Crippen LogP) is 3.85. The van der Waals surface area contributed by atoms with Gasteiger partial charge in [-0.3, -0.25) is 0 Å². The van der Waals surface area contributed by atoms with E-state index in [0.29, 0.717) is 5.56 Å². The third-order valence-electron chi connectivity index (χ3n) is 3.35. The Morgan fingerprint density at radius 3 is 2.48 bits per heavy atom. The quantitative estimate of drug-likeness (QED) is 0.717. The van der Waals surface area contributed by atoms with E-state index in [0.717, 1.165) is 10.0 Å². The summed E-state index contributed by atoms with van der Waals surface area (Å²) in [4.78, 5) is 0.137. The monoisotopic (exact) mass is 435 g/mol. The van der Waals surface area contributed by atoms with E-state index >= 15 is 0 Å². The number of alkyl halides is 2. The fourth-order valence-corrected chi connectivity index (χ4v) is 3.41. The summed E-state index contributed by atoms with van der Waals surface area (Å²) in [5.74, 6) is -0.0240. The Bertz CT molecular complexity index is 859. The molecule has 0 saturated carbocycles. The van der Waals surface area contributed by atoms with E-state index in [9.17, 15) is 17.2 Å². The van der Waals surface area contributed by atoms with Gasteiger partial charge >= 0.3 is 6.61 Å². The fourth-order valence-electron chi connectivity index (χ4n) is 2.06. The molecular formula is C16H16BrF2NO4S. The van der Waals surface area contributed by atoms with Crippen LogP contribution in [0.1, 0.15) is 11.1 Å². The van der Waals surface area contributed by atoms with Crippen molar-refractivity contribution >= 4 is 26.0 Å². The van der Waals surface area contributed by atoms with Crippen LogP contribution in [0.2, 0.25) is 0 Å². The van der Waals surface area contributed by atoms with Gasteiger partial charge in [-0.2, -0.15) is 8.78 Å². The zero-order chi connectivity index (χ0) is 18.6. The van der Waals surface area contributed by atoms with Crippen LogP contribution in [0.5, 0.6) is 11.5 Å². The summed E-state index contributed by atoms with van der Waals surface area (Å²) >= 11 is 3.32. The molecule has 0 radical (unpaired) electrons. The van der Waals surface area contributed by atoms with Crippen LogP contribution < -0.4 is 14.2 Å². The molecule has 2 aromatic carbocycles. The van der Waals surface area contributed by atoms with Gasteiger partial charge in [0.05, 0.1) is 12.0 Å². The van der Waals surface area contributed by atoms with E-state index in [-0.39, 0.29) is 22.9 Å². The number of sulfonamides is 1. The number of hydrogen-bond acceptors (Lipinski definition) is 4. The zero-order valence-corrected chi connectivity index (χ0v) is 15.8. The SMILES string of the molecule is COc1cc(CNS(=O)(=O)c2ccc(Br)c(C)c2)ccc1OC(F)F. The molecule has 0 spiro atoms. The summed E-state index contributed by atoms with van der Waals surface area (Å²) in [6, 6.07) is 8.91. The first-order chi connectivity index (χ1) is 11.7. The zero-order valence-electron chi connectivity index (χ0n) is 13.4. The third-order valence-corrected chi connectivity index (χ3v) is 5.64. The van der Waals surface area contributed by atoms with Crippen molar-refractivity contribution < 1.29 is 26.7 Å². The van der Waals surface area contributed by atoms with Gasteiger partial charge in [0.25, 0.3) is 0 Å². The van der Waals surface area contributed by atoms with Crippen molar-refractivity contribution in [1.29, 1.82) is 0 Å². The Kier molecular flexibility index (Phi) is 6.36. The standard InChI is InChI=1S/C16H16BrF2NO4S/c1-10-7-12(4-5-13(10)17)25(21,22)20-9-11-3-6-14(24-16(18)19)15(8-11)23-2/h3-8,16,20H,9H2,1-2H3. The second-order valence-corrected chi connectivity index (χ2v) is 7.72. The normalized spacial score (nSPS) is 11.6. The van der Waals surface area contributed by atoms with E-state index in [1.807, 2.05) is 0 Å². The largest absolute Gasteiger partial charge is 0.493 e. The number of halogens is 3. The van der Waals surface area contributed by atoms with E-state index < -0.39 is 16.6 Å². The van der Waals surface area contributed by atoms with Crippen molar-refractivity contribution in [3.63, 3.8) is 0 Å². The first-order valence-electron chi connectivity index (χ1n) is 7.10. The van der Waals surface area contributed by atoms with Crippen LogP contribution >= 0.6 is 15.9 Å². The lowest BCUT2D eigenvalue weighted by Crippen LogP contribution is -2.23. The van der Waals surface area contributed by atoms with Crippen molar-refractivity contribution in [2.75, 3.05) is 7.11 Å². The minimum Gasteiger partial charge on any atom is -0.493 e. The van der Waals surface area contributed by atoms with Crippen LogP contribution in [0.15, 0.2) is 45.8 Å². The number of nitrogens with one attached hydrogen (secondary N) is 1. The Labute approximate surface area is 153 Å². The van der Waals surface area contributed by atoms with Crippen molar-refractivity contribution in [3.05, 3.63) is 52.0 Å². The molecule has 0 aliphatic heterocycles. The first-order valence-corrected chi connectivity index (χ1v) is 9.38. The number of benzene rings is 2. The average molecular weight is 436 g/mol. The molecule has 0 amide bonds. The fraction of sp³-hybridized carbons (Fsp3) is 0.250. The van der Waals surface area contributed by atoms with E-state index in [4.69, 9.17) is 4.74 Å². The molecule has 0 aliphatic rings. The third kappa shape index (κ3) is 5.13. The highest BCUT2D eigenvalue weighted by atomic mass is 79.9. The Morgan fingerprint density at radius 2 is 1.88 bits per heavy atom. The smallest absolute Gasteiger partial charge is 0.387 e. The minimum atomic E-state index is -3.71. The van der Waals surface area contributed by atoms with Gasteiger partial charge in [0.1, 0.15) is 0 Å². The molecule has 0 unspecified atom stereocenters. The number of rotatable bonds is 7. The van der Waals surface area contributed by atoms with Gasteiger partial charge in [0.2, 0.25) is 10.0 Å². The number of hydrogen-bond donors (Lipinski definition) is 1. The molecule has 0 aliphatic carbocycles. The van der Waals surface area contributed by atoms with Crippen LogP contribution in [0.25, 0.3) is 0 Å². The summed E-state index contributed by atoms with van der Waals surface area (Å²) in [6.07, 6.45) is 0. The molecule has 0 heterocycles. The van der Waals surface area contributed by atoms with Crippen molar-refractivity contribution in [2.45, 2.75) is 25.0 Å². The van der Waals surface area contributed by atoms with Gasteiger partial charge in [0, 0.05) is 11.0 Å². The molecule has 9 heteroatoms. The second-order valence-electron chi connectivity index (χ2n) is 5.10. The summed E-state index contributed by atoms with van der Waals surface area (Å²) in [5, 5.41) is 0. The lowest BCUT2D eigenvalue weighted by Gasteiger charge is -2.12. The molecule has 25 heavy (non-hydrogen) atoms. The highest BCUT2D eigenvalue weighted by Crippen LogP contribution is 2.29. The number of ether oxygens (including phenoxy) is 2. The topological polar surface area (TPSA) is 64.6 Å².